The van der Waals surface area contributed by atoms with Crippen molar-refractivity contribution >= 4 is 11.4 Å². The maximum absolute atomic E-state index is 5.88. The number of aromatic nitrogens is 2. The number of benzene rings is 1. The zero-order valence-electron chi connectivity index (χ0n) is 12.7. The molecule has 2 N–H and O–H groups in total. The van der Waals surface area contributed by atoms with Gasteiger partial charge in [0.2, 0.25) is 0 Å². The van der Waals surface area contributed by atoms with Crippen LogP contribution in [-0.2, 0) is 6.54 Å². The molecule has 0 atom stereocenters. The van der Waals surface area contributed by atoms with Gasteiger partial charge in [0.15, 0.2) is 0 Å². The lowest BCUT2D eigenvalue weighted by Gasteiger charge is -2.22. The number of nitrogen functional groups attached to an aromatic ring is 1. The molecule has 0 bridgehead atoms. The topological polar surface area (TPSA) is 47.1 Å². The van der Waals surface area contributed by atoms with Crippen molar-refractivity contribution in [3.8, 4) is 0 Å². The maximum atomic E-state index is 5.88. The molecule has 1 aromatic carbocycles. The first-order chi connectivity index (χ1) is 10.3. The summed E-state index contributed by atoms with van der Waals surface area (Å²) in [6.07, 6.45) is 7.36. The average molecular weight is 284 g/mol. The molecule has 1 saturated carbocycles. The molecule has 0 saturated heterocycles. The van der Waals surface area contributed by atoms with E-state index in [1.54, 1.807) is 0 Å². The van der Waals surface area contributed by atoms with E-state index in [1.165, 1.54) is 25.7 Å². The second-order valence-electron chi connectivity index (χ2n) is 5.83. The number of nitrogens with two attached hydrogens (primary N) is 1. The van der Waals surface area contributed by atoms with E-state index in [2.05, 4.69) is 34.8 Å². The summed E-state index contributed by atoms with van der Waals surface area (Å²) < 4.78 is 2.16. The number of hydrogen-bond acceptors (Lipinski definition) is 3. The number of nitrogens with zero attached hydrogens (tertiary/aromatic N) is 3. The zero-order chi connectivity index (χ0) is 14.7. The van der Waals surface area contributed by atoms with Crippen LogP contribution in [0.4, 0.5) is 11.4 Å². The summed E-state index contributed by atoms with van der Waals surface area (Å²) in [6, 6.07) is 10.8. The zero-order valence-corrected chi connectivity index (χ0v) is 12.7. The first kappa shape index (κ1) is 14.0. The first-order valence-electron chi connectivity index (χ1n) is 7.91. The minimum Gasteiger partial charge on any atom is -0.399 e. The van der Waals surface area contributed by atoms with Crippen LogP contribution in [0.25, 0.3) is 0 Å². The van der Waals surface area contributed by atoms with Gasteiger partial charge in [0.25, 0.3) is 0 Å². The first-order valence-corrected chi connectivity index (χ1v) is 7.91. The van der Waals surface area contributed by atoms with Crippen LogP contribution in [0.1, 0.15) is 44.3 Å². The smallest absolute Gasteiger partial charge is 0.0817 e. The minimum absolute atomic E-state index is 0.612. The molecule has 3 rings (SSSR count). The van der Waals surface area contributed by atoms with Crippen molar-refractivity contribution in [3.63, 3.8) is 0 Å². The van der Waals surface area contributed by atoms with E-state index in [0.717, 1.165) is 30.2 Å². The van der Waals surface area contributed by atoms with Gasteiger partial charge in [-0.15, -0.1) is 0 Å². The molecule has 2 aromatic rings. The largest absolute Gasteiger partial charge is 0.399 e. The van der Waals surface area contributed by atoms with Crippen molar-refractivity contribution in [2.45, 2.75) is 45.2 Å². The van der Waals surface area contributed by atoms with Crippen LogP contribution in [0.15, 0.2) is 36.5 Å². The lowest BCUT2D eigenvalue weighted by atomic mass is 10.2. The van der Waals surface area contributed by atoms with E-state index in [0.29, 0.717) is 6.04 Å². The molecule has 1 fully saturated rings. The van der Waals surface area contributed by atoms with Crippen molar-refractivity contribution in [2.75, 3.05) is 17.2 Å². The molecule has 112 valence electrons. The summed E-state index contributed by atoms with van der Waals surface area (Å²) in [5.74, 6) is 0. The highest BCUT2D eigenvalue weighted by Gasteiger charge is 2.18. The van der Waals surface area contributed by atoms with Crippen molar-refractivity contribution < 1.29 is 0 Å². The van der Waals surface area contributed by atoms with Crippen molar-refractivity contribution in [3.05, 3.63) is 42.2 Å². The van der Waals surface area contributed by atoms with Gasteiger partial charge >= 0.3 is 0 Å². The molecule has 0 spiro atoms. The standard InChI is InChI=1S/C17H24N4/c1-2-20(17-9-5-6-14(18)12-17)13-15-10-11-21(19-15)16-7-3-4-8-16/h5-6,9-12,16H,2-4,7-8,13,18H2,1H3. The fourth-order valence-electron chi connectivity index (χ4n) is 3.14. The van der Waals surface area contributed by atoms with Crippen LogP contribution < -0.4 is 10.6 Å². The second-order valence-corrected chi connectivity index (χ2v) is 5.83. The number of anilines is 2. The van der Waals surface area contributed by atoms with Crippen molar-refractivity contribution in [1.82, 2.24) is 9.78 Å². The van der Waals surface area contributed by atoms with E-state index in [4.69, 9.17) is 10.8 Å². The Hall–Kier alpha value is -1.97. The predicted octanol–water partition coefficient (Wildman–Crippen LogP) is 3.61. The monoisotopic (exact) mass is 284 g/mol. The molecule has 0 radical (unpaired) electrons. The Morgan fingerprint density at radius 1 is 1.29 bits per heavy atom. The van der Waals surface area contributed by atoms with Crippen molar-refractivity contribution in [2.24, 2.45) is 0 Å². The fourth-order valence-corrected chi connectivity index (χ4v) is 3.14. The van der Waals surface area contributed by atoms with Crippen LogP contribution in [0, 0.1) is 0 Å². The molecule has 4 nitrogen and oxygen atoms in total. The SMILES string of the molecule is CCN(Cc1ccn(C2CCCC2)n1)c1cccc(N)c1. The molecule has 1 aliphatic rings. The summed E-state index contributed by atoms with van der Waals surface area (Å²) in [5.41, 5.74) is 8.98. The highest BCUT2D eigenvalue weighted by atomic mass is 15.3. The van der Waals surface area contributed by atoms with Gasteiger partial charge in [-0.1, -0.05) is 18.9 Å². The Labute approximate surface area is 126 Å². The number of rotatable bonds is 5. The van der Waals surface area contributed by atoms with E-state index < -0.39 is 0 Å². The summed E-state index contributed by atoms with van der Waals surface area (Å²) in [4.78, 5) is 2.30. The Morgan fingerprint density at radius 3 is 2.81 bits per heavy atom. The van der Waals surface area contributed by atoms with Crippen LogP contribution in [0.5, 0.6) is 0 Å². The highest BCUT2D eigenvalue weighted by Crippen LogP contribution is 2.29. The normalized spacial score (nSPS) is 15.5. The van der Waals surface area contributed by atoms with Crippen molar-refractivity contribution in [1.29, 1.82) is 0 Å². The average Bonchev–Trinajstić information content (AvgIpc) is 3.15. The molecule has 0 aliphatic heterocycles. The molecule has 0 amide bonds. The van der Waals surface area contributed by atoms with Gasteiger partial charge in [-0.25, -0.2) is 0 Å². The van der Waals surface area contributed by atoms with Crippen LogP contribution in [0.2, 0.25) is 0 Å². The fraction of sp³-hybridized carbons (Fsp3) is 0.471. The molecule has 0 unspecified atom stereocenters. The third-order valence-corrected chi connectivity index (χ3v) is 4.33. The summed E-state index contributed by atoms with van der Waals surface area (Å²) in [5, 5.41) is 4.77. The van der Waals surface area contributed by atoms with Gasteiger partial charge in [0.1, 0.15) is 0 Å². The third-order valence-electron chi connectivity index (χ3n) is 4.33. The Balaban J connectivity index is 1.72. The van der Waals surface area contributed by atoms with Crippen LogP contribution in [0.3, 0.4) is 0 Å². The summed E-state index contributed by atoms with van der Waals surface area (Å²) in [6.45, 7) is 3.94. The van der Waals surface area contributed by atoms with E-state index in [1.807, 2.05) is 18.2 Å². The van der Waals surface area contributed by atoms with Gasteiger partial charge in [-0.3, -0.25) is 4.68 Å². The second kappa shape index (κ2) is 6.20. The van der Waals surface area contributed by atoms with Gasteiger partial charge in [0, 0.05) is 24.1 Å². The third kappa shape index (κ3) is 3.20. The van der Waals surface area contributed by atoms with E-state index in [-0.39, 0.29) is 0 Å². The maximum Gasteiger partial charge on any atom is 0.0817 e. The van der Waals surface area contributed by atoms with Crippen LogP contribution in [-0.4, -0.2) is 16.3 Å². The molecule has 4 heteroatoms. The highest BCUT2D eigenvalue weighted by molar-refractivity contribution is 5.55. The molecular formula is C17H24N4. The molecule has 1 aliphatic carbocycles. The van der Waals surface area contributed by atoms with E-state index in [9.17, 15) is 0 Å². The lowest BCUT2D eigenvalue weighted by molar-refractivity contribution is 0.462. The molecular weight excluding hydrogens is 260 g/mol. The minimum atomic E-state index is 0.612. The van der Waals surface area contributed by atoms with Gasteiger partial charge in [-0.2, -0.15) is 5.10 Å². The summed E-state index contributed by atoms with van der Waals surface area (Å²) in [7, 11) is 0. The van der Waals surface area contributed by atoms with E-state index >= 15 is 0 Å². The quantitative estimate of drug-likeness (QED) is 0.853. The summed E-state index contributed by atoms with van der Waals surface area (Å²) >= 11 is 0. The molecule has 1 heterocycles. The van der Waals surface area contributed by atoms with Gasteiger partial charge in [-0.05, 0) is 44.0 Å². The van der Waals surface area contributed by atoms with Crippen LogP contribution >= 0.6 is 0 Å². The Kier molecular flexibility index (Phi) is 4.13. The van der Waals surface area contributed by atoms with Gasteiger partial charge in [0.05, 0.1) is 18.3 Å². The molecule has 1 aromatic heterocycles. The number of hydrogen-bond donors (Lipinski definition) is 1. The Bertz CT molecular complexity index is 584. The lowest BCUT2D eigenvalue weighted by Crippen LogP contribution is -2.22. The van der Waals surface area contributed by atoms with Gasteiger partial charge < -0.3 is 10.6 Å². The molecule has 21 heavy (non-hydrogen) atoms. The predicted molar refractivity (Wildman–Crippen MR) is 87.3 cm³/mol. The Morgan fingerprint density at radius 2 is 2.10 bits per heavy atom.